The monoisotopic (exact) mass is 257 g/mol. The summed E-state index contributed by atoms with van der Waals surface area (Å²) >= 11 is 0. The molecule has 1 aromatic carbocycles. The predicted octanol–water partition coefficient (Wildman–Crippen LogP) is 1.93. The average Bonchev–Trinajstić information content (AvgIpc) is 3.21. The van der Waals surface area contributed by atoms with E-state index in [1.165, 1.54) is 12.8 Å². The Morgan fingerprint density at radius 3 is 2.89 bits per heavy atom. The fourth-order valence-electron chi connectivity index (χ4n) is 2.25. The zero-order chi connectivity index (χ0) is 13.2. The second kappa shape index (κ2) is 4.84. The van der Waals surface area contributed by atoms with Crippen molar-refractivity contribution in [3.05, 3.63) is 30.5 Å². The van der Waals surface area contributed by atoms with Crippen molar-refractivity contribution in [1.29, 1.82) is 0 Å². The average molecular weight is 257 g/mol. The molecular formula is C14H15N3O2. The van der Waals surface area contributed by atoms with Gasteiger partial charge in [-0.1, -0.05) is 24.3 Å². The highest BCUT2D eigenvalue weighted by atomic mass is 16.4. The van der Waals surface area contributed by atoms with Crippen molar-refractivity contribution in [1.82, 2.24) is 10.2 Å². The van der Waals surface area contributed by atoms with Crippen LogP contribution in [-0.4, -0.2) is 34.4 Å². The Labute approximate surface area is 110 Å². The molecule has 0 bridgehead atoms. The molecular weight excluding hydrogens is 242 g/mol. The highest BCUT2D eigenvalue weighted by Crippen LogP contribution is 2.32. The molecule has 98 valence electrons. The number of aliphatic carboxylic acids is 1. The molecule has 0 spiro atoms. The van der Waals surface area contributed by atoms with Crippen LogP contribution >= 0.6 is 0 Å². The number of aromatic nitrogens is 2. The first kappa shape index (κ1) is 11.9. The number of carbonyl (C=O) groups is 1. The lowest BCUT2D eigenvalue weighted by molar-refractivity contribution is -0.135. The highest BCUT2D eigenvalue weighted by Gasteiger charge is 2.27. The van der Waals surface area contributed by atoms with Crippen LogP contribution in [0.15, 0.2) is 30.5 Å². The fraction of sp³-hybridized carbons (Fsp3) is 0.357. The molecule has 1 aliphatic carbocycles. The van der Waals surface area contributed by atoms with Crippen LogP contribution in [0.2, 0.25) is 0 Å². The predicted molar refractivity (Wildman–Crippen MR) is 72.1 cm³/mol. The summed E-state index contributed by atoms with van der Waals surface area (Å²) in [6.07, 6.45) is 4.05. The number of hydrogen-bond donors (Lipinski definition) is 1. The Bertz CT molecular complexity index is 605. The topological polar surface area (TPSA) is 66.3 Å². The lowest BCUT2D eigenvalue weighted by Gasteiger charge is -2.22. The molecule has 1 aromatic heterocycles. The maximum Gasteiger partial charge on any atom is 0.323 e. The number of hydrogen-bond acceptors (Lipinski definition) is 4. The third-order valence-electron chi connectivity index (χ3n) is 3.35. The molecule has 2 aromatic rings. The number of benzene rings is 1. The molecule has 0 unspecified atom stereocenters. The summed E-state index contributed by atoms with van der Waals surface area (Å²) < 4.78 is 0. The van der Waals surface area contributed by atoms with Gasteiger partial charge in [0.15, 0.2) is 5.82 Å². The molecule has 1 heterocycles. The Kier molecular flexibility index (Phi) is 3.03. The summed E-state index contributed by atoms with van der Waals surface area (Å²) in [5.74, 6) is 0.433. The molecule has 0 radical (unpaired) electrons. The van der Waals surface area contributed by atoms with Gasteiger partial charge in [0.05, 0.1) is 6.20 Å². The SMILES string of the molecule is O=C(O)CN(CC1CC1)c1nncc2ccccc12. The van der Waals surface area contributed by atoms with Gasteiger partial charge >= 0.3 is 5.97 Å². The van der Waals surface area contributed by atoms with E-state index in [9.17, 15) is 4.79 Å². The minimum absolute atomic E-state index is 0.0286. The molecule has 1 saturated carbocycles. The summed E-state index contributed by atoms with van der Waals surface area (Å²) in [6.45, 7) is 0.716. The third-order valence-corrected chi connectivity index (χ3v) is 3.35. The minimum Gasteiger partial charge on any atom is -0.480 e. The quantitative estimate of drug-likeness (QED) is 0.886. The molecule has 5 nitrogen and oxygen atoms in total. The van der Waals surface area contributed by atoms with Gasteiger partial charge in [-0.25, -0.2) is 0 Å². The smallest absolute Gasteiger partial charge is 0.323 e. The van der Waals surface area contributed by atoms with Crippen LogP contribution in [-0.2, 0) is 4.79 Å². The molecule has 1 fully saturated rings. The van der Waals surface area contributed by atoms with Crippen molar-refractivity contribution in [2.45, 2.75) is 12.8 Å². The van der Waals surface area contributed by atoms with Crippen molar-refractivity contribution in [2.75, 3.05) is 18.0 Å². The Morgan fingerprint density at radius 1 is 1.37 bits per heavy atom. The van der Waals surface area contributed by atoms with Crippen LogP contribution in [0.4, 0.5) is 5.82 Å². The minimum atomic E-state index is -0.838. The Balaban J connectivity index is 2.00. The van der Waals surface area contributed by atoms with Crippen LogP contribution < -0.4 is 4.90 Å². The molecule has 5 heteroatoms. The van der Waals surface area contributed by atoms with Crippen molar-refractivity contribution < 1.29 is 9.90 Å². The fourth-order valence-corrected chi connectivity index (χ4v) is 2.25. The molecule has 1 aliphatic rings. The normalized spacial score (nSPS) is 14.5. The maximum absolute atomic E-state index is 11.0. The Hall–Kier alpha value is -2.17. The lowest BCUT2D eigenvalue weighted by Crippen LogP contribution is -2.32. The highest BCUT2D eigenvalue weighted by molar-refractivity contribution is 5.92. The number of nitrogens with zero attached hydrogens (tertiary/aromatic N) is 3. The molecule has 0 aliphatic heterocycles. The van der Waals surface area contributed by atoms with E-state index in [0.29, 0.717) is 11.7 Å². The molecule has 1 N–H and O–H groups in total. The zero-order valence-corrected chi connectivity index (χ0v) is 10.5. The number of rotatable bonds is 5. The van der Waals surface area contributed by atoms with Crippen LogP contribution in [0.25, 0.3) is 10.8 Å². The van der Waals surface area contributed by atoms with E-state index in [0.717, 1.165) is 17.3 Å². The van der Waals surface area contributed by atoms with Crippen LogP contribution in [0, 0.1) is 5.92 Å². The zero-order valence-electron chi connectivity index (χ0n) is 10.5. The van der Waals surface area contributed by atoms with Crippen molar-refractivity contribution >= 4 is 22.6 Å². The van der Waals surface area contributed by atoms with E-state index in [4.69, 9.17) is 5.11 Å². The van der Waals surface area contributed by atoms with Gasteiger partial charge in [-0.3, -0.25) is 4.79 Å². The molecule has 0 saturated heterocycles. The molecule has 3 rings (SSSR count). The van der Waals surface area contributed by atoms with Gasteiger partial charge in [-0.15, -0.1) is 5.10 Å². The van der Waals surface area contributed by atoms with Crippen molar-refractivity contribution in [2.24, 2.45) is 5.92 Å². The van der Waals surface area contributed by atoms with E-state index in [2.05, 4.69) is 10.2 Å². The van der Waals surface area contributed by atoms with Gasteiger partial charge in [0, 0.05) is 17.3 Å². The van der Waals surface area contributed by atoms with E-state index in [-0.39, 0.29) is 6.54 Å². The van der Waals surface area contributed by atoms with E-state index >= 15 is 0 Å². The molecule has 19 heavy (non-hydrogen) atoms. The largest absolute Gasteiger partial charge is 0.480 e. The Morgan fingerprint density at radius 2 is 2.16 bits per heavy atom. The lowest BCUT2D eigenvalue weighted by atomic mass is 10.2. The van der Waals surface area contributed by atoms with Gasteiger partial charge in [0.25, 0.3) is 0 Å². The van der Waals surface area contributed by atoms with Gasteiger partial charge in [-0.05, 0) is 18.8 Å². The summed E-state index contributed by atoms with van der Waals surface area (Å²) in [6, 6.07) is 7.80. The van der Waals surface area contributed by atoms with E-state index in [1.807, 2.05) is 29.2 Å². The number of fused-ring (bicyclic) bond motifs is 1. The first-order chi connectivity index (χ1) is 9.24. The second-order valence-electron chi connectivity index (χ2n) is 4.97. The molecule has 0 amide bonds. The van der Waals surface area contributed by atoms with Crippen LogP contribution in [0.1, 0.15) is 12.8 Å². The number of carboxylic acids is 1. The van der Waals surface area contributed by atoms with E-state index < -0.39 is 5.97 Å². The maximum atomic E-state index is 11.0. The first-order valence-electron chi connectivity index (χ1n) is 6.41. The van der Waals surface area contributed by atoms with Gasteiger partial charge in [-0.2, -0.15) is 5.10 Å². The van der Waals surface area contributed by atoms with Gasteiger partial charge < -0.3 is 10.0 Å². The third kappa shape index (κ3) is 2.65. The summed E-state index contributed by atoms with van der Waals surface area (Å²) in [7, 11) is 0. The van der Waals surface area contributed by atoms with E-state index in [1.54, 1.807) is 6.20 Å². The van der Waals surface area contributed by atoms with Crippen molar-refractivity contribution in [3.8, 4) is 0 Å². The first-order valence-corrected chi connectivity index (χ1v) is 6.41. The summed E-state index contributed by atoms with van der Waals surface area (Å²) in [5, 5.41) is 19.1. The van der Waals surface area contributed by atoms with Crippen LogP contribution in [0.3, 0.4) is 0 Å². The van der Waals surface area contributed by atoms with Crippen LogP contribution in [0.5, 0.6) is 0 Å². The van der Waals surface area contributed by atoms with Gasteiger partial charge in [0.2, 0.25) is 0 Å². The standard InChI is InChI=1S/C14H15N3O2/c18-13(19)9-17(8-10-5-6-10)14-12-4-2-1-3-11(12)7-15-16-14/h1-4,7,10H,5-6,8-9H2,(H,18,19). The van der Waals surface area contributed by atoms with Gasteiger partial charge in [0.1, 0.15) is 6.54 Å². The summed E-state index contributed by atoms with van der Waals surface area (Å²) in [5.41, 5.74) is 0. The molecule has 0 atom stereocenters. The number of anilines is 1. The second-order valence-corrected chi connectivity index (χ2v) is 4.97. The number of carboxylic acid groups (broad SMARTS) is 1. The van der Waals surface area contributed by atoms with Crippen molar-refractivity contribution in [3.63, 3.8) is 0 Å². The summed E-state index contributed by atoms with van der Waals surface area (Å²) in [4.78, 5) is 12.9.